The van der Waals surface area contributed by atoms with Crippen LogP contribution in [0.5, 0.6) is 0 Å². The Bertz CT molecular complexity index is 827. The van der Waals surface area contributed by atoms with Gasteiger partial charge in [0.1, 0.15) is 0 Å². The molecule has 0 aromatic carbocycles. The van der Waals surface area contributed by atoms with E-state index in [-0.39, 0.29) is 5.92 Å². The minimum absolute atomic E-state index is 0.229. The van der Waals surface area contributed by atoms with Crippen LogP contribution in [0.3, 0.4) is 0 Å². The molecule has 35 heavy (non-hydrogen) atoms. The number of hydrogen-bond donors (Lipinski definition) is 0. The van der Waals surface area contributed by atoms with Crippen LogP contribution in [-0.4, -0.2) is 54.2 Å². The van der Waals surface area contributed by atoms with Crippen LogP contribution in [0.4, 0.5) is 0 Å². The van der Waals surface area contributed by atoms with Gasteiger partial charge in [-0.2, -0.15) is 0 Å². The van der Waals surface area contributed by atoms with E-state index in [9.17, 15) is 14.4 Å². The Kier molecular flexibility index (Phi) is 10.5. The molecule has 0 spiro atoms. The number of allylic oxidation sites excluding steroid dienone is 4. The van der Waals surface area contributed by atoms with Crippen LogP contribution in [0.25, 0.3) is 0 Å². The monoisotopic (exact) mass is 494 g/mol. The second kappa shape index (κ2) is 12.7. The molecular weight excluding hydrogens is 452 g/mol. The molecule has 1 aliphatic carbocycles. The van der Waals surface area contributed by atoms with Crippen molar-refractivity contribution in [1.29, 1.82) is 0 Å². The fraction of sp³-hybridized carbons (Fsp3) is 0.741. The zero-order chi connectivity index (χ0) is 26.3. The maximum absolute atomic E-state index is 12.1. The van der Waals surface area contributed by atoms with Crippen LogP contribution in [-0.2, 0) is 38.1 Å². The van der Waals surface area contributed by atoms with Crippen molar-refractivity contribution in [1.82, 2.24) is 0 Å². The van der Waals surface area contributed by atoms with Crippen LogP contribution >= 0.6 is 0 Å². The van der Waals surface area contributed by atoms with Crippen molar-refractivity contribution in [2.45, 2.75) is 124 Å². The van der Waals surface area contributed by atoms with Crippen molar-refractivity contribution in [3.63, 3.8) is 0 Å². The van der Waals surface area contributed by atoms with Crippen molar-refractivity contribution in [3.8, 4) is 0 Å². The minimum Gasteiger partial charge on any atom is -0.456 e. The quantitative estimate of drug-likeness (QED) is 0.256. The summed E-state index contributed by atoms with van der Waals surface area (Å²) in [7, 11) is 0. The molecule has 1 saturated heterocycles. The molecular formula is C27H42O8. The van der Waals surface area contributed by atoms with E-state index in [0.29, 0.717) is 0 Å². The summed E-state index contributed by atoms with van der Waals surface area (Å²) >= 11 is 0. The molecule has 0 aromatic rings. The summed E-state index contributed by atoms with van der Waals surface area (Å²) in [5, 5.41) is 0. The van der Waals surface area contributed by atoms with Gasteiger partial charge < -0.3 is 23.7 Å². The molecule has 1 fully saturated rings. The van der Waals surface area contributed by atoms with Crippen LogP contribution in [0.15, 0.2) is 23.3 Å². The number of carbonyl (C=O) groups is 3. The molecule has 8 nitrogen and oxygen atoms in total. The molecule has 1 aliphatic heterocycles. The maximum atomic E-state index is 12.1. The van der Waals surface area contributed by atoms with Gasteiger partial charge in [-0.05, 0) is 72.6 Å². The Hall–Kier alpha value is -2.19. The van der Waals surface area contributed by atoms with Crippen molar-refractivity contribution >= 4 is 17.9 Å². The van der Waals surface area contributed by atoms with Crippen LogP contribution < -0.4 is 0 Å². The number of ether oxygens (including phenoxy) is 5. The van der Waals surface area contributed by atoms with Crippen LogP contribution in [0.1, 0.15) is 87.5 Å². The minimum atomic E-state index is -1.10. The standard InChI is InChI=1S/C27H42O8/c1-16(2)10-9-15-27(8,22-13-11-17(3)12-14-22)35-26-25(34-21(7)30)24(33-20(6)29)23(18(4)31-26)32-19(5)28/h10-11,18,22-26H,9,12-15H2,1-8H3. The number of hydrogen-bond acceptors (Lipinski definition) is 8. The van der Waals surface area contributed by atoms with Crippen molar-refractivity contribution in [2.75, 3.05) is 0 Å². The highest BCUT2D eigenvalue weighted by atomic mass is 16.7. The van der Waals surface area contributed by atoms with Gasteiger partial charge in [-0.1, -0.05) is 23.3 Å². The summed E-state index contributed by atoms with van der Waals surface area (Å²) in [6.07, 6.45) is 4.06. The van der Waals surface area contributed by atoms with E-state index in [4.69, 9.17) is 23.7 Å². The van der Waals surface area contributed by atoms with E-state index in [0.717, 1.165) is 32.1 Å². The molecule has 0 aromatic heterocycles. The van der Waals surface area contributed by atoms with Gasteiger partial charge in [-0.25, -0.2) is 0 Å². The third-order valence-electron chi connectivity index (χ3n) is 6.71. The third kappa shape index (κ3) is 8.46. The molecule has 0 amide bonds. The number of carbonyl (C=O) groups excluding carboxylic acids is 3. The highest BCUT2D eigenvalue weighted by Crippen LogP contribution is 2.41. The van der Waals surface area contributed by atoms with Crippen LogP contribution in [0, 0.1) is 5.92 Å². The molecule has 0 saturated carbocycles. The zero-order valence-electron chi connectivity index (χ0n) is 22.4. The van der Waals surface area contributed by atoms with Crippen molar-refractivity contribution < 1.29 is 38.1 Å². The van der Waals surface area contributed by atoms with E-state index in [1.165, 1.54) is 31.9 Å². The lowest BCUT2D eigenvalue weighted by Crippen LogP contribution is -2.62. The lowest BCUT2D eigenvalue weighted by atomic mass is 9.76. The fourth-order valence-corrected chi connectivity index (χ4v) is 4.86. The fourth-order valence-electron chi connectivity index (χ4n) is 4.86. The van der Waals surface area contributed by atoms with Gasteiger partial charge in [0, 0.05) is 20.8 Å². The molecule has 7 unspecified atom stereocenters. The molecule has 2 rings (SSSR count). The molecule has 8 heteroatoms. The van der Waals surface area contributed by atoms with Crippen molar-refractivity contribution in [2.24, 2.45) is 5.92 Å². The topological polar surface area (TPSA) is 97.4 Å². The molecule has 0 bridgehead atoms. The molecule has 1 heterocycles. The molecule has 198 valence electrons. The second-order valence-electron chi connectivity index (χ2n) is 10.2. The third-order valence-corrected chi connectivity index (χ3v) is 6.71. The Morgan fingerprint density at radius 3 is 2.09 bits per heavy atom. The van der Waals surface area contributed by atoms with Gasteiger partial charge >= 0.3 is 17.9 Å². The smallest absolute Gasteiger partial charge is 0.303 e. The highest BCUT2D eigenvalue weighted by Gasteiger charge is 2.53. The summed E-state index contributed by atoms with van der Waals surface area (Å²) in [6.45, 7) is 13.8. The molecule has 0 radical (unpaired) electrons. The molecule has 7 atom stereocenters. The maximum Gasteiger partial charge on any atom is 0.303 e. The predicted molar refractivity (Wildman–Crippen MR) is 130 cm³/mol. The van der Waals surface area contributed by atoms with Gasteiger partial charge in [0.05, 0.1) is 11.7 Å². The Morgan fingerprint density at radius 1 is 1.00 bits per heavy atom. The SMILES string of the molecule is CC(=O)OC1C(C)OC(OC(C)(CCC=C(C)C)C2CC=C(C)CC2)C(OC(C)=O)C1OC(C)=O. The molecule has 0 N–H and O–H groups in total. The lowest BCUT2D eigenvalue weighted by Gasteiger charge is -2.48. The number of rotatable bonds is 9. The predicted octanol–water partition coefficient (Wildman–Crippen LogP) is 4.79. The highest BCUT2D eigenvalue weighted by molar-refractivity contribution is 5.68. The normalized spacial score (nSPS) is 30.3. The number of esters is 3. The van der Waals surface area contributed by atoms with Gasteiger partial charge in [0.15, 0.2) is 24.6 Å². The van der Waals surface area contributed by atoms with E-state index in [2.05, 4.69) is 39.8 Å². The Morgan fingerprint density at radius 2 is 1.57 bits per heavy atom. The van der Waals surface area contributed by atoms with Crippen molar-refractivity contribution in [3.05, 3.63) is 23.3 Å². The summed E-state index contributed by atoms with van der Waals surface area (Å²) in [6, 6.07) is 0. The van der Waals surface area contributed by atoms with Gasteiger partial charge in [0.25, 0.3) is 0 Å². The van der Waals surface area contributed by atoms with Gasteiger partial charge in [-0.3, -0.25) is 14.4 Å². The first-order valence-corrected chi connectivity index (χ1v) is 12.5. The Balaban J connectivity index is 2.42. The second-order valence-corrected chi connectivity index (χ2v) is 10.2. The summed E-state index contributed by atoms with van der Waals surface area (Å²) < 4.78 is 29.4. The Labute approximate surface area is 209 Å². The average molecular weight is 495 g/mol. The summed E-state index contributed by atoms with van der Waals surface area (Å²) in [4.78, 5) is 35.8. The van der Waals surface area contributed by atoms with Gasteiger partial charge in [-0.15, -0.1) is 0 Å². The van der Waals surface area contributed by atoms with E-state index >= 15 is 0 Å². The van der Waals surface area contributed by atoms with E-state index in [1.54, 1.807) is 6.92 Å². The molecule has 2 aliphatic rings. The lowest BCUT2D eigenvalue weighted by molar-refractivity contribution is -0.329. The summed E-state index contributed by atoms with van der Waals surface area (Å²) in [5.74, 6) is -1.49. The summed E-state index contributed by atoms with van der Waals surface area (Å²) in [5.41, 5.74) is 2.00. The van der Waals surface area contributed by atoms with E-state index < -0.39 is 54.2 Å². The van der Waals surface area contributed by atoms with Gasteiger partial charge in [0.2, 0.25) is 0 Å². The first-order valence-electron chi connectivity index (χ1n) is 12.5. The van der Waals surface area contributed by atoms with Crippen LogP contribution in [0.2, 0.25) is 0 Å². The van der Waals surface area contributed by atoms with E-state index in [1.807, 2.05) is 0 Å². The largest absolute Gasteiger partial charge is 0.456 e. The first-order chi connectivity index (χ1) is 16.3. The average Bonchev–Trinajstić information content (AvgIpc) is 2.72. The zero-order valence-corrected chi connectivity index (χ0v) is 22.4. The first kappa shape index (κ1) is 29.0.